The van der Waals surface area contributed by atoms with Crippen LogP contribution >= 0.6 is 0 Å². The quantitative estimate of drug-likeness (QED) is 0.923. The topological polar surface area (TPSA) is 44.8 Å². The minimum Gasteiger partial charge on any atom is -0.447 e. The maximum atomic E-state index is 11.6. The van der Waals surface area contributed by atoms with E-state index in [0.717, 1.165) is 24.0 Å². The number of carbonyl (C=O) groups is 1. The summed E-state index contributed by atoms with van der Waals surface area (Å²) in [4.78, 5) is 15.9. The number of cyclic esters (lactones) is 1. The van der Waals surface area contributed by atoms with Crippen LogP contribution in [0.4, 0.5) is 16.2 Å². The van der Waals surface area contributed by atoms with Gasteiger partial charge in [-0.2, -0.15) is 0 Å². The molecule has 3 aliphatic rings. The molecule has 1 saturated carbocycles. The Bertz CT molecular complexity index is 544. The second-order valence-corrected chi connectivity index (χ2v) is 6.17. The number of amides is 1. The van der Waals surface area contributed by atoms with Crippen LogP contribution in [0.3, 0.4) is 0 Å². The van der Waals surface area contributed by atoms with E-state index in [2.05, 4.69) is 16.3 Å². The van der Waals surface area contributed by atoms with Crippen LogP contribution in [0.2, 0.25) is 0 Å². The summed E-state index contributed by atoms with van der Waals surface area (Å²) >= 11 is 0. The molecule has 5 nitrogen and oxygen atoms in total. The van der Waals surface area contributed by atoms with Gasteiger partial charge in [-0.05, 0) is 37.5 Å². The van der Waals surface area contributed by atoms with Crippen molar-refractivity contribution in [3.8, 4) is 0 Å². The van der Waals surface area contributed by atoms with Gasteiger partial charge < -0.3 is 10.1 Å². The van der Waals surface area contributed by atoms with Crippen molar-refractivity contribution in [2.24, 2.45) is 0 Å². The number of carbonyl (C=O) groups excluding carboxylic acids is 1. The normalized spacial score (nSPS) is 26.2. The van der Waals surface area contributed by atoms with Crippen LogP contribution < -0.4 is 10.2 Å². The van der Waals surface area contributed by atoms with Gasteiger partial charge in [0.15, 0.2) is 0 Å². The number of nitrogens with one attached hydrogen (secondary N) is 1. The van der Waals surface area contributed by atoms with Gasteiger partial charge in [-0.1, -0.05) is 6.07 Å². The first-order valence-corrected chi connectivity index (χ1v) is 7.84. The van der Waals surface area contributed by atoms with Crippen LogP contribution in [0, 0.1) is 0 Å². The molecular formula is C16H21N3O2. The number of hydrogen-bond acceptors (Lipinski definition) is 4. The molecule has 1 amide bonds. The average molecular weight is 287 g/mol. The Balaban J connectivity index is 1.42. The zero-order valence-electron chi connectivity index (χ0n) is 12.1. The first kappa shape index (κ1) is 13.0. The van der Waals surface area contributed by atoms with Gasteiger partial charge in [-0.3, -0.25) is 9.80 Å². The highest BCUT2D eigenvalue weighted by atomic mass is 16.6. The summed E-state index contributed by atoms with van der Waals surface area (Å²) < 4.78 is 5.00. The van der Waals surface area contributed by atoms with E-state index >= 15 is 0 Å². The summed E-state index contributed by atoms with van der Waals surface area (Å²) in [7, 11) is 0. The molecule has 1 aromatic rings. The minimum atomic E-state index is -0.243. The molecule has 0 aromatic heterocycles. The summed E-state index contributed by atoms with van der Waals surface area (Å²) in [5, 5.41) is 3.61. The lowest BCUT2D eigenvalue weighted by Crippen LogP contribution is -2.28. The molecular weight excluding hydrogens is 266 g/mol. The monoisotopic (exact) mass is 287 g/mol. The van der Waals surface area contributed by atoms with E-state index in [1.807, 2.05) is 18.2 Å². The average Bonchev–Trinajstić information content (AvgIpc) is 3.09. The predicted molar refractivity (Wildman–Crippen MR) is 81.8 cm³/mol. The van der Waals surface area contributed by atoms with Gasteiger partial charge in [0.2, 0.25) is 0 Å². The van der Waals surface area contributed by atoms with E-state index in [9.17, 15) is 4.79 Å². The van der Waals surface area contributed by atoms with E-state index in [-0.39, 0.29) is 6.09 Å². The van der Waals surface area contributed by atoms with Gasteiger partial charge in [-0.15, -0.1) is 0 Å². The molecule has 1 N–H and O–H groups in total. The molecule has 5 heteroatoms. The summed E-state index contributed by atoms with van der Waals surface area (Å²) in [5.74, 6) is 0. The zero-order chi connectivity index (χ0) is 14.2. The molecule has 1 atom stereocenters. The Morgan fingerprint density at radius 1 is 1.19 bits per heavy atom. The van der Waals surface area contributed by atoms with Crippen molar-refractivity contribution in [1.29, 1.82) is 0 Å². The standard InChI is InChI=1S/C16H21N3O2/c20-16-19(8-9-21-16)15-3-1-2-12(10-15)17-13-6-7-18(11-13)14-4-5-14/h1-3,10,13-14,17H,4-9,11H2. The molecule has 112 valence electrons. The molecule has 1 aromatic carbocycles. The van der Waals surface area contributed by atoms with Crippen molar-refractivity contribution in [3.63, 3.8) is 0 Å². The molecule has 0 bridgehead atoms. The fourth-order valence-corrected chi connectivity index (χ4v) is 3.30. The van der Waals surface area contributed by atoms with E-state index < -0.39 is 0 Å². The van der Waals surface area contributed by atoms with Crippen molar-refractivity contribution in [2.45, 2.75) is 31.3 Å². The lowest BCUT2D eigenvalue weighted by atomic mass is 10.2. The third-order valence-corrected chi connectivity index (χ3v) is 4.57. The van der Waals surface area contributed by atoms with E-state index in [1.165, 1.54) is 25.8 Å². The Morgan fingerprint density at radius 3 is 2.86 bits per heavy atom. The number of likely N-dealkylation sites (tertiary alicyclic amines) is 1. The second kappa shape index (κ2) is 5.22. The number of anilines is 2. The Morgan fingerprint density at radius 2 is 2.10 bits per heavy atom. The molecule has 1 aliphatic carbocycles. The van der Waals surface area contributed by atoms with Crippen LogP contribution in [0.15, 0.2) is 24.3 Å². The van der Waals surface area contributed by atoms with Crippen LogP contribution in [-0.4, -0.2) is 49.3 Å². The Hall–Kier alpha value is -1.75. The van der Waals surface area contributed by atoms with Crippen LogP contribution in [0.5, 0.6) is 0 Å². The van der Waals surface area contributed by atoms with Gasteiger partial charge in [0, 0.05) is 36.5 Å². The zero-order valence-corrected chi connectivity index (χ0v) is 12.1. The first-order valence-electron chi connectivity index (χ1n) is 7.84. The highest BCUT2D eigenvalue weighted by Gasteiger charge is 2.34. The van der Waals surface area contributed by atoms with Gasteiger partial charge in [0.1, 0.15) is 6.61 Å². The molecule has 0 spiro atoms. The number of ether oxygens (including phenoxy) is 1. The molecule has 21 heavy (non-hydrogen) atoms. The maximum absolute atomic E-state index is 11.6. The fourth-order valence-electron chi connectivity index (χ4n) is 3.30. The lowest BCUT2D eigenvalue weighted by Gasteiger charge is -2.18. The number of rotatable bonds is 4. The minimum absolute atomic E-state index is 0.243. The van der Waals surface area contributed by atoms with Gasteiger partial charge >= 0.3 is 6.09 Å². The van der Waals surface area contributed by atoms with Crippen LogP contribution in [-0.2, 0) is 4.74 Å². The Kier molecular flexibility index (Phi) is 3.22. The largest absolute Gasteiger partial charge is 0.447 e. The Labute approximate surface area is 124 Å². The lowest BCUT2D eigenvalue weighted by molar-refractivity contribution is 0.181. The first-order chi connectivity index (χ1) is 10.3. The molecule has 3 fully saturated rings. The van der Waals surface area contributed by atoms with Crippen molar-refractivity contribution in [3.05, 3.63) is 24.3 Å². The third kappa shape index (κ3) is 2.70. The van der Waals surface area contributed by atoms with Crippen molar-refractivity contribution >= 4 is 17.5 Å². The molecule has 2 aliphatic heterocycles. The highest BCUT2D eigenvalue weighted by Crippen LogP contribution is 2.31. The third-order valence-electron chi connectivity index (χ3n) is 4.57. The van der Waals surface area contributed by atoms with E-state index in [4.69, 9.17) is 4.74 Å². The molecule has 2 saturated heterocycles. The van der Waals surface area contributed by atoms with Crippen molar-refractivity contribution < 1.29 is 9.53 Å². The number of benzene rings is 1. The van der Waals surface area contributed by atoms with Gasteiger partial charge in [-0.25, -0.2) is 4.79 Å². The molecule has 4 rings (SSSR count). The maximum Gasteiger partial charge on any atom is 0.414 e. The van der Waals surface area contributed by atoms with Crippen molar-refractivity contribution in [2.75, 3.05) is 36.5 Å². The van der Waals surface area contributed by atoms with Crippen molar-refractivity contribution in [1.82, 2.24) is 4.90 Å². The molecule has 2 heterocycles. The summed E-state index contributed by atoms with van der Waals surface area (Å²) in [6, 6.07) is 9.45. The smallest absolute Gasteiger partial charge is 0.414 e. The van der Waals surface area contributed by atoms with Crippen LogP contribution in [0.25, 0.3) is 0 Å². The summed E-state index contributed by atoms with van der Waals surface area (Å²) in [6.07, 6.45) is 3.71. The molecule has 1 unspecified atom stereocenters. The summed E-state index contributed by atoms with van der Waals surface area (Å²) in [6.45, 7) is 3.47. The summed E-state index contributed by atoms with van der Waals surface area (Å²) in [5.41, 5.74) is 2.01. The highest BCUT2D eigenvalue weighted by molar-refractivity contribution is 5.89. The second-order valence-electron chi connectivity index (χ2n) is 6.17. The number of nitrogens with zero attached hydrogens (tertiary/aromatic N) is 2. The van der Waals surface area contributed by atoms with Gasteiger partial charge in [0.25, 0.3) is 0 Å². The predicted octanol–water partition coefficient (Wildman–Crippen LogP) is 2.29. The molecule has 0 radical (unpaired) electrons. The SMILES string of the molecule is O=C1OCCN1c1cccc(NC2CCN(C3CC3)C2)c1. The van der Waals surface area contributed by atoms with E-state index in [1.54, 1.807) is 4.90 Å². The van der Waals surface area contributed by atoms with E-state index in [0.29, 0.717) is 19.2 Å². The fraction of sp³-hybridized carbons (Fsp3) is 0.562. The van der Waals surface area contributed by atoms with Gasteiger partial charge in [0.05, 0.1) is 6.54 Å². The number of hydrogen-bond donors (Lipinski definition) is 1. The van der Waals surface area contributed by atoms with Crippen LogP contribution in [0.1, 0.15) is 19.3 Å².